The van der Waals surface area contributed by atoms with Gasteiger partial charge in [-0.1, -0.05) is 6.07 Å². The molecule has 1 aliphatic heterocycles. The number of nitrogens with one attached hydrogen (secondary N) is 2. The summed E-state index contributed by atoms with van der Waals surface area (Å²) in [5.74, 6) is -0.215. The van der Waals surface area contributed by atoms with Gasteiger partial charge in [-0.15, -0.1) is 0 Å². The number of urea groups is 1. The molecule has 3 amide bonds. The first-order valence-electron chi connectivity index (χ1n) is 10.6. The van der Waals surface area contributed by atoms with E-state index >= 15 is 0 Å². The van der Waals surface area contributed by atoms with Crippen LogP contribution in [-0.2, 0) is 21.2 Å². The third kappa shape index (κ3) is 6.02. The molecule has 10 nitrogen and oxygen atoms in total. The molecule has 0 unspecified atom stereocenters. The number of ether oxygens (including phenoxy) is 1. The zero-order valence-electron chi connectivity index (χ0n) is 18.0. The molecule has 0 spiro atoms. The number of halogens is 1. The molecule has 2 aliphatic rings. The summed E-state index contributed by atoms with van der Waals surface area (Å²) in [5.41, 5.74) is 0.578. The number of hydrogen-bond donors (Lipinski definition) is 2. The quantitative estimate of drug-likeness (QED) is 0.498. The Morgan fingerprint density at radius 2 is 2.09 bits per heavy atom. The number of aromatic nitrogens is 2. The second-order valence-electron chi connectivity index (χ2n) is 8.12. The Morgan fingerprint density at radius 3 is 2.79 bits per heavy atom. The molecular weight excluding hydrogens is 453 g/mol. The first-order valence-corrected chi connectivity index (χ1v) is 12.2. The van der Waals surface area contributed by atoms with Crippen molar-refractivity contribution < 1.29 is 27.1 Å². The summed E-state index contributed by atoms with van der Waals surface area (Å²) in [6, 6.07) is 4.56. The van der Waals surface area contributed by atoms with Crippen LogP contribution in [0.5, 0.6) is 5.75 Å². The summed E-state index contributed by atoms with van der Waals surface area (Å²) in [6.07, 6.45) is 3.55. The van der Waals surface area contributed by atoms with Crippen LogP contribution >= 0.6 is 0 Å². The lowest BCUT2D eigenvalue weighted by Gasteiger charge is -2.16. The Labute approximate surface area is 190 Å². The number of carbonyl (C=O) groups is 2. The van der Waals surface area contributed by atoms with Crippen molar-refractivity contribution in [2.45, 2.75) is 32.2 Å². The van der Waals surface area contributed by atoms with Crippen molar-refractivity contribution in [3.8, 4) is 5.75 Å². The lowest BCUT2D eigenvalue weighted by Crippen LogP contribution is -2.31. The largest absolute Gasteiger partial charge is 0.490 e. The van der Waals surface area contributed by atoms with Crippen LogP contribution in [0.1, 0.15) is 37.2 Å². The molecule has 2 heterocycles. The predicted molar refractivity (Wildman–Crippen MR) is 117 cm³/mol. The van der Waals surface area contributed by atoms with E-state index in [2.05, 4.69) is 20.0 Å². The number of anilines is 1. The molecular formula is C21H24FN5O5S. The van der Waals surface area contributed by atoms with Gasteiger partial charge < -0.3 is 4.74 Å². The number of sulfonamides is 1. The van der Waals surface area contributed by atoms with E-state index in [1.807, 2.05) is 0 Å². The van der Waals surface area contributed by atoms with Crippen LogP contribution in [0.25, 0.3) is 0 Å². The molecule has 1 aromatic heterocycles. The summed E-state index contributed by atoms with van der Waals surface area (Å²) in [7, 11) is -3.73. The number of rotatable bonds is 10. The maximum Gasteiger partial charge on any atom is 0.330 e. The first-order chi connectivity index (χ1) is 15.7. The third-order valence-electron chi connectivity index (χ3n) is 5.34. The van der Waals surface area contributed by atoms with Crippen LogP contribution in [0.15, 0.2) is 30.5 Å². The Hall–Kier alpha value is -3.12. The van der Waals surface area contributed by atoms with E-state index in [0.717, 1.165) is 17.7 Å². The van der Waals surface area contributed by atoms with E-state index < -0.39 is 33.8 Å². The summed E-state index contributed by atoms with van der Waals surface area (Å²) in [5, 5.41) is 2.15. The average molecular weight is 478 g/mol. The highest BCUT2D eigenvalue weighted by Gasteiger charge is 2.29. The van der Waals surface area contributed by atoms with Crippen LogP contribution in [0.3, 0.4) is 0 Å². The van der Waals surface area contributed by atoms with E-state index in [4.69, 9.17) is 4.74 Å². The van der Waals surface area contributed by atoms with Gasteiger partial charge in [-0.25, -0.2) is 32.3 Å². The van der Waals surface area contributed by atoms with Crippen LogP contribution in [0, 0.1) is 11.7 Å². The van der Waals surface area contributed by atoms with Gasteiger partial charge in [0.05, 0.1) is 12.4 Å². The number of hydrogen-bond acceptors (Lipinski definition) is 7. The normalized spacial score (nSPS) is 17.2. The molecule has 1 aliphatic carbocycles. The van der Waals surface area contributed by atoms with Crippen molar-refractivity contribution in [3.63, 3.8) is 0 Å². The van der Waals surface area contributed by atoms with Gasteiger partial charge in [0.2, 0.25) is 15.9 Å². The van der Waals surface area contributed by atoms with E-state index in [1.165, 1.54) is 30.5 Å². The molecule has 1 saturated heterocycles. The Bertz CT molecular complexity index is 1170. The van der Waals surface area contributed by atoms with Crippen LogP contribution in [-0.4, -0.2) is 49.2 Å². The number of nitrogens with zero attached hydrogens (tertiary/aromatic N) is 3. The molecule has 0 bridgehead atoms. The fourth-order valence-corrected chi connectivity index (χ4v) is 4.54. The topological polar surface area (TPSA) is 131 Å². The van der Waals surface area contributed by atoms with Crippen molar-refractivity contribution in [2.75, 3.05) is 23.8 Å². The average Bonchev–Trinajstić information content (AvgIpc) is 3.53. The lowest BCUT2D eigenvalue weighted by atomic mass is 10.1. The highest BCUT2D eigenvalue weighted by Crippen LogP contribution is 2.31. The number of amides is 3. The zero-order valence-corrected chi connectivity index (χ0v) is 18.8. The van der Waals surface area contributed by atoms with Gasteiger partial charge >= 0.3 is 6.03 Å². The highest BCUT2D eigenvalue weighted by atomic mass is 32.2. The molecule has 2 aromatic rings. The van der Waals surface area contributed by atoms with Crippen LogP contribution < -0.4 is 19.7 Å². The van der Waals surface area contributed by atoms with Gasteiger partial charge in [0.15, 0.2) is 11.6 Å². The summed E-state index contributed by atoms with van der Waals surface area (Å²) < 4.78 is 47.3. The minimum Gasteiger partial charge on any atom is -0.490 e. The second-order valence-corrected chi connectivity index (χ2v) is 10.00. The van der Waals surface area contributed by atoms with Gasteiger partial charge in [0, 0.05) is 18.7 Å². The summed E-state index contributed by atoms with van der Waals surface area (Å²) >= 11 is 0. The molecule has 2 N–H and O–H groups in total. The molecule has 4 rings (SSSR count). The fourth-order valence-electron chi connectivity index (χ4n) is 3.30. The van der Waals surface area contributed by atoms with Crippen molar-refractivity contribution in [2.24, 2.45) is 5.92 Å². The maximum absolute atomic E-state index is 14.0. The van der Waals surface area contributed by atoms with Gasteiger partial charge in [-0.05, 0) is 49.4 Å². The van der Waals surface area contributed by atoms with Crippen molar-refractivity contribution >= 4 is 27.8 Å². The molecule has 33 heavy (non-hydrogen) atoms. The summed E-state index contributed by atoms with van der Waals surface area (Å²) in [6.45, 7) is 1.96. The van der Waals surface area contributed by atoms with E-state index in [-0.39, 0.29) is 36.1 Å². The second kappa shape index (κ2) is 9.40. The maximum atomic E-state index is 14.0. The molecule has 2 fully saturated rings. The Balaban J connectivity index is 1.36. The molecule has 1 saturated carbocycles. The van der Waals surface area contributed by atoms with E-state index in [9.17, 15) is 22.4 Å². The predicted octanol–water partition coefficient (Wildman–Crippen LogP) is 1.68. The van der Waals surface area contributed by atoms with Crippen molar-refractivity contribution in [1.82, 2.24) is 20.0 Å². The first kappa shape index (κ1) is 23.1. The Morgan fingerprint density at radius 1 is 1.30 bits per heavy atom. The van der Waals surface area contributed by atoms with E-state index in [1.54, 1.807) is 6.92 Å². The number of benzene rings is 1. The van der Waals surface area contributed by atoms with Crippen LogP contribution in [0.2, 0.25) is 0 Å². The molecule has 0 radical (unpaired) electrons. The molecule has 1 atom stereocenters. The number of aryl methyl sites for hydroxylation is 1. The van der Waals surface area contributed by atoms with Crippen LogP contribution in [0.4, 0.5) is 15.0 Å². The summed E-state index contributed by atoms with van der Waals surface area (Å²) in [4.78, 5) is 32.6. The molecule has 12 heteroatoms. The van der Waals surface area contributed by atoms with Gasteiger partial charge in [0.25, 0.3) is 0 Å². The molecule has 176 valence electrons. The minimum absolute atomic E-state index is 0.00152. The number of imide groups is 1. The lowest BCUT2D eigenvalue weighted by molar-refractivity contribution is -0.117. The van der Waals surface area contributed by atoms with E-state index in [0.29, 0.717) is 18.1 Å². The molecule has 1 aromatic carbocycles. The monoisotopic (exact) mass is 477 g/mol. The Kier molecular flexibility index (Phi) is 6.56. The van der Waals surface area contributed by atoms with Crippen molar-refractivity contribution in [3.05, 3.63) is 47.7 Å². The highest BCUT2D eigenvalue weighted by molar-refractivity contribution is 7.89. The minimum atomic E-state index is -3.73. The van der Waals surface area contributed by atoms with Crippen molar-refractivity contribution in [1.29, 1.82) is 0 Å². The third-order valence-corrected chi connectivity index (χ3v) is 6.79. The van der Waals surface area contributed by atoms with Gasteiger partial charge in [-0.2, -0.15) is 0 Å². The standard InChI is InChI=1S/C21H24FN5O5S/c1-13(15-4-5-16(22)17(10-15)32-12-14-2-3-14)26-33(30,31)9-7-18-23-8-6-19(24-18)27-11-20(28)25-21(27)29/h4-6,8,10,13-14,26H,2-3,7,9,11-12H2,1H3,(H,25,28,29)/t13-/m1/s1. The van der Waals surface area contributed by atoms with Gasteiger partial charge in [-0.3, -0.25) is 15.0 Å². The fraction of sp³-hybridized carbons (Fsp3) is 0.429. The zero-order chi connectivity index (χ0) is 23.6. The smallest absolute Gasteiger partial charge is 0.330 e. The van der Waals surface area contributed by atoms with Gasteiger partial charge in [0.1, 0.15) is 18.2 Å². The SMILES string of the molecule is C[C@@H](NS(=O)(=O)CCc1nccc(N2CC(=O)NC2=O)n1)c1ccc(F)c(OCC2CC2)c1. The number of carbonyl (C=O) groups excluding carboxylic acids is 2.